The van der Waals surface area contributed by atoms with Crippen LogP contribution in [-0.2, 0) is 5.54 Å². The predicted molar refractivity (Wildman–Crippen MR) is 125 cm³/mol. The van der Waals surface area contributed by atoms with E-state index in [1.807, 2.05) is 30.6 Å². The van der Waals surface area contributed by atoms with Crippen molar-refractivity contribution >= 4 is 33.6 Å². The number of nitrogens with zero attached hydrogens (tertiary/aromatic N) is 3. The van der Waals surface area contributed by atoms with Crippen LogP contribution in [-0.4, -0.2) is 14.8 Å². The lowest BCUT2D eigenvalue weighted by atomic mass is 9.77. The summed E-state index contributed by atoms with van der Waals surface area (Å²) < 4.78 is 3.26. The largest absolute Gasteiger partial charge is 0.237 e. The van der Waals surface area contributed by atoms with Gasteiger partial charge in [0.2, 0.25) is 0 Å². The lowest BCUT2D eigenvalue weighted by Crippen LogP contribution is -2.38. The van der Waals surface area contributed by atoms with Gasteiger partial charge in [-0.3, -0.25) is 0 Å². The summed E-state index contributed by atoms with van der Waals surface area (Å²) in [5, 5.41) is 5.89. The molecule has 0 aliphatic carbocycles. The fourth-order valence-corrected chi connectivity index (χ4v) is 4.38. The smallest absolute Gasteiger partial charge is 0.159 e. The van der Waals surface area contributed by atoms with Gasteiger partial charge in [0.25, 0.3) is 0 Å². The first-order valence-electron chi connectivity index (χ1n) is 9.46. The first-order valence-corrected chi connectivity index (χ1v) is 10.5. The van der Waals surface area contributed by atoms with Crippen LogP contribution in [0.15, 0.2) is 109 Å². The number of aromatic nitrogens is 3. The third-order valence-electron chi connectivity index (χ3n) is 5.29. The molecule has 0 amide bonds. The molecule has 4 heteroatoms. The summed E-state index contributed by atoms with van der Waals surface area (Å²) in [6, 6.07) is 33.8. The number of halogens is 1. The van der Waals surface area contributed by atoms with E-state index < -0.39 is 5.54 Å². The maximum atomic E-state index is 4.87. The molecule has 5 aromatic rings. The van der Waals surface area contributed by atoms with Crippen molar-refractivity contribution in [3.8, 4) is 0 Å². The van der Waals surface area contributed by atoms with Gasteiger partial charge in [0, 0.05) is 15.2 Å². The molecule has 0 aliphatic heterocycles. The van der Waals surface area contributed by atoms with E-state index in [-0.39, 0.29) is 0 Å². The van der Waals surface area contributed by atoms with Crippen molar-refractivity contribution in [2.75, 3.05) is 0 Å². The minimum absolute atomic E-state index is 0.636. The number of hydrogen-bond donors (Lipinski definition) is 0. The number of rotatable bonds is 4. The van der Waals surface area contributed by atoms with Gasteiger partial charge in [0.15, 0.2) is 5.65 Å². The fraction of sp³-hybridized carbons (Fsp3) is 0.0400. The minimum atomic E-state index is -0.636. The number of benzene rings is 3. The lowest BCUT2D eigenvalue weighted by molar-refractivity contribution is 0.472. The molecule has 0 radical (unpaired) electrons. The summed E-state index contributed by atoms with van der Waals surface area (Å²) in [4.78, 5) is 4.70. The van der Waals surface area contributed by atoms with Crippen LogP contribution in [0.3, 0.4) is 0 Å². The van der Waals surface area contributed by atoms with Gasteiger partial charge in [-0.2, -0.15) is 5.10 Å². The molecule has 29 heavy (non-hydrogen) atoms. The van der Waals surface area contributed by atoms with Gasteiger partial charge in [0.05, 0.1) is 6.20 Å². The average molecular weight is 487 g/mol. The first kappa shape index (κ1) is 18.1. The van der Waals surface area contributed by atoms with Crippen LogP contribution in [0.1, 0.15) is 16.7 Å². The maximum Gasteiger partial charge on any atom is 0.159 e. The highest BCUT2D eigenvalue weighted by atomic mass is 127. The van der Waals surface area contributed by atoms with Crippen molar-refractivity contribution in [1.82, 2.24) is 14.8 Å². The molecule has 3 aromatic carbocycles. The van der Waals surface area contributed by atoms with Gasteiger partial charge < -0.3 is 0 Å². The monoisotopic (exact) mass is 487 g/mol. The highest BCUT2D eigenvalue weighted by Gasteiger charge is 2.40. The Kier molecular flexibility index (Phi) is 4.64. The lowest BCUT2D eigenvalue weighted by Gasteiger charge is -2.36. The van der Waals surface area contributed by atoms with Gasteiger partial charge in [-0.15, -0.1) is 0 Å². The van der Waals surface area contributed by atoms with Gasteiger partial charge in [-0.1, -0.05) is 72.8 Å². The number of hydrogen-bond acceptors (Lipinski definition) is 2. The topological polar surface area (TPSA) is 30.7 Å². The molecule has 0 fully saturated rings. The quantitative estimate of drug-likeness (QED) is 0.234. The Labute approximate surface area is 183 Å². The van der Waals surface area contributed by atoms with E-state index >= 15 is 0 Å². The highest BCUT2D eigenvalue weighted by molar-refractivity contribution is 14.1. The summed E-state index contributed by atoms with van der Waals surface area (Å²) in [7, 11) is 0. The van der Waals surface area contributed by atoms with Crippen molar-refractivity contribution in [2.24, 2.45) is 0 Å². The SMILES string of the molecule is Ic1ccc(C(c2ccccc2)(c2ccccc2)n2ncc3cccnc32)cc1. The summed E-state index contributed by atoms with van der Waals surface area (Å²) in [5.74, 6) is 0. The molecule has 0 aliphatic rings. The van der Waals surface area contributed by atoms with Crippen LogP contribution in [0.5, 0.6) is 0 Å². The second kappa shape index (κ2) is 7.44. The Balaban J connectivity index is 1.95. The van der Waals surface area contributed by atoms with E-state index in [0.29, 0.717) is 0 Å². The second-order valence-corrected chi connectivity index (χ2v) is 8.17. The van der Waals surface area contributed by atoms with E-state index in [9.17, 15) is 0 Å². The Morgan fingerprint density at radius 2 is 1.24 bits per heavy atom. The van der Waals surface area contributed by atoms with Crippen molar-refractivity contribution in [3.63, 3.8) is 0 Å². The van der Waals surface area contributed by atoms with Gasteiger partial charge >= 0.3 is 0 Å². The van der Waals surface area contributed by atoms with E-state index in [0.717, 1.165) is 27.7 Å². The Morgan fingerprint density at radius 3 is 1.86 bits per heavy atom. The Bertz CT molecular complexity index is 1210. The molecule has 3 nitrogen and oxygen atoms in total. The van der Waals surface area contributed by atoms with Crippen LogP contribution in [0, 0.1) is 3.57 Å². The average Bonchev–Trinajstić information content (AvgIpc) is 3.22. The third-order valence-corrected chi connectivity index (χ3v) is 6.01. The van der Waals surface area contributed by atoms with Crippen molar-refractivity contribution < 1.29 is 0 Å². The summed E-state index contributed by atoms with van der Waals surface area (Å²) >= 11 is 2.35. The van der Waals surface area contributed by atoms with E-state index in [1.54, 1.807) is 0 Å². The number of fused-ring (bicyclic) bond motifs is 1. The van der Waals surface area contributed by atoms with Gasteiger partial charge in [-0.25, -0.2) is 9.67 Å². The van der Waals surface area contributed by atoms with Gasteiger partial charge in [0.1, 0.15) is 5.54 Å². The molecule has 140 valence electrons. The van der Waals surface area contributed by atoms with Crippen LogP contribution in [0.25, 0.3) is 11.0 Å². The zero-order chi connectivity index (χ0) is 19.7. The fourth-order valence-electron chi connectivity index (χ4n) is 4.02. The van der Waals surface area contributed by atoms with Crippen LogP contribution in [0.4, 0.5) is 0 Å². The van der Waals surface area contributed by atoms with Crippen molar-refractivity contribution in [2.45, 2.75) is 5.54 Å². The van der Waals surface area contributed by atoms with E-state index in [4.69, 9.17) is 10.1 Å². The molecule has 2 heterocycles. The van der Waals surface area contributed by atoms with Crippen LogP contribution >= 0.6 is 22.6 Å². The third kappa shape index (κ3) is 2.95. The van der Waals surface area contributed by atoms with E-state index in [1.165, 1.54) is 3.57 Å². The molecular weight excluding hydrogens is 469 g/mol. The highest BCUT2D eigenvalue weighted by Crippen LogP contribution is 2.41. The summed E-state index contributed by atoms with van der Waals surface area (Å²) in [5.41, 5.74) is 3.65. The molecule has 0 atom stereocenters. The van der Waals surface area contributed by atoms with Crippen LogP contribution in [0.2, 0.25) is 0 Å². The molecule has 0 bridgehead atoms. The van der Waals surface area contributed by atoms with E-state index in [2.05, 4.69) is 106 Å². The molecule has 0 saturated heterocycles. The predicted octanol–water partition coefficient (Wildman–Crippen LogP) is 5.88. The molecule has 0 saturated carbocycles. The Morgan fingerprint density at radius 1 is 0.655 bits per heavy atom. The minimum Gasteiger partial charge on any atom is -0.237 e. The Hall–Kier alpha value is -2.99. The zero-order valence-corrected chi connectivity index (χ0v) is 17.8. The first-order chi connectivity index (χ1) is 14.3. The van der Waals surface area contributed by atoms with Gasteiger partial charge in [-0.05, 0) is 63.5 Å². The normalized spacial score (nSPS) is 11.6. The molecule has 0 spiro atoms. The van der Waals surface area contributed by atoms with Crippen LogP contribution < -0.4 is 0 Å². The standard InChI is InChI=1S/C25H18IN3/c26-23-15-13-22(14-16-23)25(20-9-3-1-4-10-20,21-11-5-2-6-12-21)29-24-19(18-28-29)8-7-17-27-24/h1-18H. The molecule has 0 unspecified atom stereocenters. The van der Waals surface area contributed by atoms with Crippen molar-refractivity contribution in [3.05, 3.63) is 130 Å². The summed E-state index contributed by atoms with van der Waals surface area (Å²) in [6.07, 6.45) is 3.73. The zero-order valence-electron chi connectivity index (χ0n) is 15.6. The summed E-state index contributed by atoms with van der Waals surface area (Å²) in [6.45, 7) is 0. The van der Waals surface area contributed by atoms with Crippen molar-refractivity contribution in [1.29, 1.82) is 0 Å². The molecule has 5 rings (SSSR count). The molecular formula is C25H18IN3. The second-order valence-electron chi connectivity index (χ2n) is 6.92. The molecule has 0 N–H and O–H groups in total. The molecule has 2 aromatic heterocycles. The number of pyridine rings is 1. The maximum absolute atomic E-state index is 4.87.